The number of rotatable bonds is 5. The molecule has 3 aromatic rings. The summed E-state index contributed by atoms with van der Waals surface area (Å²) in [5.74, 6) is 0.725. The molecule has 0 aliphatic rings. The van der Waals surface area contributed by atoms with Crippen LogP contribution in [0, 0.1) is 13.8 Å². The van der Waals surface area contributed by atoms with Crippen LogP contribution in [0.1, 0.15) is 21.6 Å². The first-order chi connectivity index (χ1) is 11.1. The lowest BCUT2D eigenvalue weighted by molar-refractivity contribution is 0.0947. The normalized spacial score (nSPS) is 10.7. The summed E-state index contributed by atoms with van der Waals surface area (Å²) in [7, 11) is 0. The molecule has 0 saturated carbocycles. The van der Waals surface area contributed by atoms with Gasteiger partial charge in [0.1, 0.15) is 12.4 Å². The maximum absolute atomic E-state index is 12.2. The maximum atomic E-state index is 12.2. The van der Waals surface area contributed by atoms with Crippen molar-refractivity contribution >= 4 is 16.8 Å². The number of aromatic nitrogens is 1. The third-order valence-electron chi connectivity index (χ3n) is 3.97. The molecule has 118 valence electrons. The van der Waals surface area contributed by atoms with Gasteiger partial charge in [-0.25, -0.2) is 0 Å². The van der Waals surface area contributed by atoms with E-state index < -0.39 is 0 Å². The van der Waals surface area contributed by atoms with E-state index in [4.69, 9.17) is 4.74 Å². The highest BCUT2D eigenvalue weighted by Gasteiger charge is 2.09. The number of carbonyl (C=O) groups is 1. The van der Waals surface area contributed by atoms with Crippen LogP contribution in [0.25, 0.3) is 10.9 Å². The van der Waals surface area contributed by atoms with Gasteiger partial charge in [-0.05, 0) is 49.7 Å². The minimum Gasteiger partial charge on any atom is -0.492 e. The lowest BCUT2D eigenvalue weighted by atomic mass is 10.1. The minimum atomic E-state index is -0.0817. The van der Waals surface area contributed by atoms with Gasteiger partial charge in [-0.3, -0.25) is 4.79 Å². The maximum Gasteiger partial charge on any atom is 0.251 e. The Hall–Kier alpha value is -2.75. The fraction of sp³-hybridized carbons (Fsp3) is 0.211. The van der Waals surface area contributed by atoms with Crippen molar-refractivity contribution in [2.24, 2.45) is 0 Å². The van der Waals surface area contributed by atoms with Gasteiger partial charge in [0.05, 0.1) is 6.54 Å². The van der Waals surface area contributed by atoms with E-state index in [9.17, 15) is 4.79 Å². The Labute approximate surface area is 135 Å². The SMILES string of the molecule is Cc1[nH]c2ccc(C(=O)NCCOc3ccccc3)cc2c1C. The zero-order valence-corrected chi connectivity index (χ0v) is 13.3. The number of hydrogen-bond acceptors (Lipinski definition) is 2. The monoisotopic (exact) mass is 308 g/mol. The van der Waals surface area contributed by atoms with Gasteiger partial charge in [0.15, 0.2) is 0 Å². The number of H-pyrrole nitrogens is 1. The molecule has 2 aromatic carbocycles. The molecular weight excluding hydrogens is 288 g/mol. The van der Waals surface area contributed by atoms with Crippen LogP contribution >= 0.6 is 0 Å². The Balaban J connectivity index is 1.59. The van der Waals surface area contributed by atoms with E-state index >= 15 is 0 Å². The number of nitrogens with one attached hydrogen (secondary N) is 2. The van der Waals surface area contributed by atoms with E-state index in [1.807, 2.05) is 55.5 Å². The van der Waals surface area contributed by atoms with E-state index in [1.54, 1.807) is 0 Å². The molecule has 0 saturated heterocycles. The van der Waals surface area contributed by atoms with E-state index in [2.05, 4.69) is 17.2 Å². The highest BCUT2D eigenvalue weighted by Crippen LogP contribution is 2.22. The van der Waals surface area contributed by atoms with Gasteiger partial charge >= 0.3 is 0 Å². The molecule has 0 fully saturated rings. The van der Waals surface area contributed by atoms with Gasteiger partial charge in [-0.15, -0.1) is 0 Å². The molecule has 1 aromatic heterocycles. The van der Waals surface area contributed by atoms with Crippen molar-refractivity contribution in [2.45, 2.75) is 13.8 Å². The number of ether oxygens (including phenoxy) is 1. The summed E-state index contributed by atoms with van der Waals surface area (Å²) in [4.78, 5) is 15.6. The Bertz CT molecular complexity index is 822. The van der Waals surface area contributed by atoms with Crippen LogP contribution in [0.15, 0.2) is 48.5 Å². The Kier molecular flexibility index (Phi) is 4.33. The molecular formula is C19H20N2O2. The van der Waals surface area contributed by atoms with Gasteiger partial charge in [0, 0.05) is 22.2 Å². The van der Waals surface area contributed by atoms with E-state index in [0.717, 1.165) is 22.3 Å². The quantitative estimate of drug-likeness (QED) is 0.708. The minimum absolute atomic E-state index is 0.0817. The zero-order chi connectivity index (χ0) is 16.2. The van der Waals surface area contributed by atoms with Crippen LogP contribution in [0.4, 0.5) is 0 Å². The molecule has 0 aliphatic carbocycles. The summed E-state index contributed by atoms with van der Waals surface area (Å²) in [5, 5.41) is 3.98. The predicted octanol–water partition coefficient (Wildman–Crippen LogP) is 3.59. The summed E-state index contributed by atoms with van der Waals surface area (Å²) in [6.07, 6.45) is 0. The first-order valence-corrected chi connectivity index (χ1v) is 7.70. The standard InChI is InChI=1S/C19H20N2O2/c1-13-14(2)21-18-9-8-15(12-17(13)18)19(22)20-10-11-23-16-6-4-3-5-7-16/h3-9,12,21H,10-11H2,1-2H3,(H,20,22). The third-order valence-corrected chi connectivity index (χ3v) is 3.97. The van der Waals surface area contributed by atoms with Crippen molar-refractivity contribution in [2.75, 3.05) is 13.2 Å². The summed E-state index contributed by atoms with van der Waals surface area (Å²) in [5.41, 5.74) is 4.04. The van der Waals surface area contributed by atoms with E-state index in [1.165, 1.54) is 5.56 Å². The summed E-state index contributed by atoms with van der Waals surface area (Å²) >= 11 is 0. The second-order valence-electron chi connectivity index (χ2n) is 5.55. The highest BCUT2D eigenvalue weighted by molar-refractivity contribution is 5.99. The Morgan fingerprint density at radius 2 is 1.91 bits per heavy atom. The van der Waals surface area contributed by atoms with Crippen molar-refractivity contribution in [3.05, 3.63) is 65.4 Å². The van der Waals surface area contributed by atoms with Crippen molar-refractivity contribution in [3.8, 4) is 5.75 Å². The first kappa shape index (κ1) is 15.2. The van der Waals surface area contributed by atoms with Crippen molar-refractivity contribution < 1.29 is 9.53 Å². The Morgan fingerprint density at radius 1 is 1.13 bits per heavy atom. The van der Waals surface area contributed by atoms with Crippen LogP contribution in [-0.2, 0) is 0 Å². The molecule has 4 nitrogen and oxygen atoms in total. The van der Waals surface area contributed by atoms with Gasteiger partial charge in [-0.2, -0.15) is 0 Å². The second kappa shape index (κ2) is 6.57. The largest absolute Gasteiger partial charge is 0.492 e. The molecule has 0 aliphatic heterocycles. The first-order valence-electron chi connectivity index (χ1n) is 7.70. The lowest BCUT2D eigenvalue weighted by Gasteiger charge is -2.08. The number of aromatic amines is 1. The van der Waals surface area contributed by atoms with Crippen LogP contribution in [0.3, 0.4) is 0 Å². The predicted molar refractivity (Wildman–Crippen MR) is 92.0 cm³/mol. The lowest BCUT2D eigenvalue weighted by Crippen LogP contribution is -2.28. The van der Waals surface area contributed by atoms with Crippen LogP contribution in [-0.4, -0.2) is 24.0 Å². The number of amides is 1. The molecule has 1 amide bonds. The summed E-state index contributed by atoms with van der Waals surface area (Å²) < 4.78 is 5.57. The molecule has 0 radical (unpaired) electrons. The van der Waals surface area contributed by atoms with Crippen molar-refractivity contribution in [1.29, 1.82) is 0 Å². The van der Waals surface area contributed by atoms with Gasteiger partial charge in [0.2, 0.25) is 0 Å². The Morgan fingerprint density at radius 3 is 2.70 bits per heavy atom. The topological polar surface area (TPSA) is 54.1 Å². The number of carbonyl (C=O) groups excluding carboxylic acids is 1. The van der Waals surface area contributed by atoms with E-state index in [-0.39, 0.29) is 5.91 Å². The van der Waals surface area contributed by atoms with Crippen molar-refractivity contribution in [1.82, 2.24) is 10.3 Å². The molecule has 0 unspecified atom stereocenters. The van der Waals surface area contributed by atoms with Crippen LogP contribution < -0.4 is 10.1 Å². The van der Waals surface area contributed by atoms with Gasteiger partial charge in [0.25, 0.3) is 5.91 Å². The molecule has 3 rings (SSSR count). The zero-order valence-electron chi connectivity index (χ0n) is 13.3. The molecule has 0 atom stereocenters. The molecule has 0 bridgehead atoms. The second-order valence-corrected chi connectivity index (χ2v) is 5.55. The number of fused-ring (bicyclic) bond motifs is 1. The molecule has 23 heavy (non-hydrogen) atoms. The number of para-hydroxylation sites is 1. The smallest absolute Gasteiger partial charge is 0.251 e. The molecule has 4 heteroatoms. The fourth-order valence-electron chi connectivity index (χ4n) is 2.55. The van der Waals surface area contributed by atoms with Gasteiger partial charge in [-0.1, -0.05) is 18.2 Å². The third kappa shape index (κ3) is 3.37. The molecule has 1 heterocycles. The van der Waals surface area contributed by atoms with E-state index in [0.29, 0.717) is 18.7 Å². The highest BCUT2D eigenvalue weighted by atomic mass is 16.5. The average molecular weight is 308 g/mol. The molecule has 2 N–H and O–H groups in total. The van der Waals surface area contributed by atoms with Gasteiger partial charge < -0.3 is 15.0 Å². The number of hydrogen-bond donors (Lipinski definition) is 2. The fourth-order valence-corrected chi connectivity index (χ4v) is 2.55. The molecule has 0 spiro atoms. The number of aryl methyl sites for hydroxylation is 2. The van der Waals surface area contributed by atoms with Crippen LogP contribution in [0.2, 0.25) is 0 Å². The summed E-state index contributed by atoms with van der Waals surface area (Å²) in [6.45, 7) is 5.01. The number of benzene rings is 2. The average Bonchev–Trinajstić information content (AvgIpc) is 2.86. The summed E-state index contributed by atoms with van der Waals surface area (Å²) in [6, 6.07) is 15.3. The van der Waals surface area contributed by atoms with Crippen LogP contribution in [0.5, 0.6) is 5.75 Å². The van der Waals surface area contributed by atoms with Crippen molar-refractivity contribution in [3.63, 3.8) is 0 Å².